The Labute approximate surface area is 117 Å². The molecule has 0 spiro atoms. The van der Waals surface area contributed by atoms with E-state index in [-0.39, 0.29) is 5.56 Å². The summed E-state index contributed by atoms with van der Waals surface area (Å²) < 4.78 is 41.0. The van der Waals surface area contributed by atoms with E-state index in [4.69, 9.17) is 5.73 Å². The van der Waals surface area contributed by atoms with Gasteiger partial charge in [0.1, 0.15) is 17.5 Å². The topological polar surface area (TPSA) is 26.0 Å². The van der Waals surface area contributed by atoms with Crippen LogP contribution < -0.4 is 5.73 Å². The maximum atomic E-state index is 13.7. The zero-order chi connectivity index (χ0) is 14.2. The molecular weight excluding hydrogens is 319 g/mol. The Morgan fingerprint density at radius 3 is 2.16 bits per heavy atom. The van der Waals surface area contributed by atoms with Gasteiger partial charge in [0, 0.05) is 22.2 Å². The van der Waals surface area contributed by atoms with Gasteiger partial charge in [-0.3, -0.25) is 0 Å². The zero-order valence-electron chi connectivity index (χ0n) is 10.1. The molecule has 0 amide bonds. The largest absolute Gasteiger partial charge is 0.320 e. The third-order valence-corrected chi connectivity index (χ3v) is 3.76. The molecule has 0 radical (unpaired) electrons. The van der Waals surface area contributed by atoms with Gasteiger partial charge < -0.3 is 5.73 Å². The quantitative estimate of drug-likeness (QED) is 0.876. The van der Waals surface area contributed by atoms with Crippen molar-refractivity contribution in [3.8, 4) is 0 Å². The minimum absolute atomic E-state index is 0.336. The van der Waals surface area contributed by atoms with E-state index in [9.17, 15) is 13.2 Å². The van der Waals surface area contributed by atoms with Crippen molar-refractivity contribution in [2.75, 3.05) is 0 Å². The second kappa shape index (κ2) is 5.35. The molecule has 100 valence electrons. The second-order valence-electron chi connectivity index (χ2n) is 4.27. The van der Waals surface area contributed by atoms with Crippen LogP contribution in [0.1, 0.15) is 22.7 Å². The van der Waals surface area contributed by atoms with Gasteiger partial charge in [0.05, 0.1) is 6.04 Å². The molecule has 0 aliphatic carbocycles. The maximum Gasteiger partial charge on any atom is 0.134 e. The molecule has 5 heteroatoms. The van der Waals surface area contributed by atoms with E-state index in [1.54, 1.807) is 18.2 Å². The highest BCUT2D eigenvalue weighted by molar-refractivity contribution is 9.10. The van der Waals surface area contributed by atoms with Crippen LogP contribution in [0.5, 0.6) is 0 Å². The lowest BCUT2D eigenvalue weighted by Crippen LogP contribution is -2.16. The Morgan fingerprint density at radius 2 is 1.63 bits per heavy atom. The SMILES string of the molecule is Cc1ccc(C(N)c2c(F)cc(F)cc2F)cc1Br. The van der Waals surface area contributed by atoms with Crippen LogP contribution in [-0.4, -0.2) is 0 Å². The summed E-state index contributed by atoms with van der Waals surface area (Å²) in [5, 5.41) is 0. The van der Waals surface area contributed by atoms with Crippen LogP contribution in [0.25, 0.3) is 0 Å². The van der Waals surface area contributed by atoms with E-state index in [2.05, 4.69) is 15.9 Å². The van der Waals surface area contributed by atoms with E-state index >= 15 is 0 Å². The molecular formula is C14H11BrF3N. The Morgan fingerprint density at radius 1 is 1.05 bits per heavy atom. The molecule has 1 atom stereocenters. The van der Waals surface area contributed by atoms with Crippen molar-refractivity contribution in [2.45, 2.75) is 13.0 Å². The minimum atomic E-state index is -0.988. The van der Waals surface area contributed by atoms with Crippen molar-refractivity contribution < 1.29 is 13.2 Å². The van der Waals surface area contributed by atoms with Crippen molar-refractivity contribution in [3.63, 3.8) is 0 Å². The molecule has 0 aliphatic heterocycles. The van der Waals surface area contributed by atoms with Gasteiger partial charge in [-0.1, -0.05) is 28.1 Å². The molecule has 19 heavy (non-hydrogen) atoms. The highest BCUT2D eigenvalue weighted by Crippen LogP contribution is 2.28. The predicted octanol–water partition coefficient (Wildman–Crippen LogP) is 4.22. The minimum Gasteiger partial charge on any atom is -0.320 e. The first kappa shape index (κ1) is 14.1. The van der Waals surface area contributed by atoms with E-state index < -0.39 is 23.5 Å². The van der Waals surface area contributed by atoms with E-state index in [0.29, 0.717) is 17.7 Å². The maximum absolute atomic E-state index is 13.7. The Hall–Kier alpha value is -1.33. The summed E-state index contributed by atoms with van der Waals surface area (Å²) in [6.07, 6.45) is 0. The fraction of sp³-hybridized carbons (Fsp3) is 0.143. The average Bonchev–Trinajstić information content (AvgIpc) is 2.31. The summed E-state index contributed by atoms with van der Waals surface area (Å²) in [6, 6.07) is 5.44. The van der Waals surface area contributed by atoms with Crippen molar-refractivity contribution >= 4 is 15.9 Å². The number of aryl methyl sites for hydroxylation is 1. The van der Waals surface area contributed by atoms with Gasteiger partial charge in [-0.2, -0.15) is 0 Å². The number of hydrogen-bond donors (Lipinski definition) is 1. The Kier molecular flexibility index (Phi) is 3.96. The molecule has 0 bridgehead atoms. The van der Waals surface area contributed by atoms with Crippen LogP contribution in [0.2, 0.25) is 0 Å². The average molecular weight is 330 g/mol. The molecule has 0 saturated carbocycles. The van der Waals surface area contributed by atoms with Crippen molar-refractivity contribution in [1.29, 1.82) is 0 Å². The second-order valence-corrected chi connectivity index (χ2v) is 5.12. The highest BCUT2D eigenvalue weighted by Gasteiger charge is 2.20. The molecule has 2 aromatic rings. The van der Waals surface area contributed by atoms with Crippen molar-refractivity contribution in [3.05, 3.63) is 68.9 Å². The summed E-state index contributed by atoms with van der Waals surface area (Å²) in [6.45, 7) is 1.89. The molecule has 0 saturated heterocycles. The lowest BCUT2D eigenvalue weighted by atomic mass is 9.97. The fourth-order valence-corrected chi connectivity index (χ4v) is 2.22. The van der Waals surface area contributed by atoms with E-state index in [1.807, 2.05) is 6.92 Å². The van der Waals surface area contributed by atoms with Crippen LogP contribution >= 0.6 is 15.9 Å². The molecule has 0 heterocycles. The van der Waals surface area contributed by atoms with Crippen molar-refractivity contribution in [2.24, 2.45) is 5.73 Å². The first-order chi connectivity index (χ1) is 8.90. The van der Waals surface area contributed by atoms with Crippen LogP contribution in [0.3, 0.4) is 0 Å². The molecule has 2 rings (SSSR count). The third-order valence-electron chi connectivity index (χ3n) is 2.91. The summed E-state index contributed by atoms with van der Waals surface area (Å²) in [5.41, 5.74) is 7.05. The summed E-state index contributed by atoms with van der Waals surface area (Å²) in [4.78, 5) is 0. The first-order valence-corrected chi connectivity index (χ1v) is 6.35. The van der Waals surface area contributed by atoms with E-state index in [0.717, 1.165) is 10.0 Å². The van der Waals surface area contributed by atoms with Gasteiger partial charge in [0.15, 0.2) is 0 Å². The number of benzene rings is 2. The van der Waals surface area contributed by atoms with Crippen LogP contribution in [0, 0.1) is 24.4 Å². The van der Waals surface area contributed by atoms with Gasteiger partial charge in [0.25, 0.3) is 0 Å². The standard InChI is InChI=1S/C14H11BrF3N/c1-7-2-3-8(4-10(7)15)14(19)13-11(17)5-9(16)6-12(13)18/h2-6,14H,19H2,1H3. The van der Waals surface area contributed by atoms with Gasteiger partial charge in [-0.05, 0) is 24.1 Å². The monoisotopic (exact) mass is 329 g/mol. The van der Waals surface area contributed by atoms with Crippen LogP contribution in [-0.2, 0) is 0 Å². The molecule has 2 aromatic carbocycles. The van der Waals surface area contributed by atoms with Gasteiger partial charge in [-0.15, -0.1) is 0 Å². The highest BCUT2D eigenvalue weighted by atomic mass is 79.9. The van der Waals surface area contributed by atoms with Gasteiger partial charge >= 0.3 is 0 Å². The molecule has 0 fully saturated rings. The third kappa shape index (κ3) is 2.82. The number of hydrogen-bond acceptors (Lipinski definition) is 1. The molecule has 0 aliphatic rings. The zero-order valence-corrected chi connectivity index (χ0v) is 11.6. The molecule has 1 nitrogen and oxygen atoms in total. The number of rotatable bonds is 2. The number of halogens is 4. The predicted molar refractivity (Wildman–Crippen MR) is 71.2 cm³/mol. The smallest absolute Gasteiger partial charge is 0.134 e. The normalized spacial score (nSPS) is 12.5. The Bertz CT molecular complexity index is 605. The first-order valence-electron chi connectivity index (χ1n) is 5.56. The lowest BCUT2D eigenvalue weighted by molar-refractivity contribution is 0.515. The Balaban J connectivity index is 2.49. The van der Waals surface area contributed by atoms with E-state index in [1.165, 1.54) is 0 Å². The summed E-state index contributed by atoms with van der Waals surface area (Å²) >= 11 is 3.33. The molecule has 2 N–H and O–H groups in total. The molecule has 0 aromatic heterocycles. The molecule has 1 unspecified atom stereocenters. The van der Waals surface area contributed by atoms with Crippen LogP contribution in [0.4, 0.5) is 13.2 Å². The lowest BCUT2D eigenvalue weighted by Gasteiger charge is -2.15. The van der Waals surface area contributed by atoms with Crippen LogP contribution in [0.15, 0.2) is 34.8 Å². The van der Waals surface area contributed by atoms with Crippen molar-refractivity contribution in [1.82, 2.24) is 0 Å². The van der Waals surface area contributed by atoms with Gasteiger partial charge in [-0.25, -0.2) is 13.2 Å². The summed E-state index contributed by atoms with van der Waals surface area (Å²) in [5.74, 6) is -2.93. The fourth-order valence-electron chi connectivity index (χ4n) is 1.82. The van der Waals surface area contributed by atoms with Gasteiger partial charge in [0.2, 0.25) is 0 Å². The number of nitrogens with two attached hydrogens (primary N) is 1. The summed E-state index contributed by atoms with van der Waals surface area (Å²) in [7, 11) is 0.